The molecule has 0 saturated carbocycles. The highest BCUT2D eigenvalue weighted by atomic mass is 14.4. The summed E-state index contributed by atoms with van der Waals surface area (Å²) in [6, 6.07) is 54.1. The number of benzene rings is 8. The van der Waals surface area contributed by atoms with Crippen molar-refractivity contribution in [2.45, 2.75) is 19.3 Å². The molecule has 9 rings (SSSR count). The van der Waals surface area contributed by atoms with E-state index in [1.165, 1.54) is 87.6 Å². The lowest BCUT2D eigenvalue weighted by molar-refractivity contribution is 0.672. The van der Waals surface area contributed by atoms with Crippen molar-refractivity contribution in [1.29, 1.82) is 0 Å². The summed E-state index contributed by atoms with van der Waals surface area (Å²) in [6.45, 7) is 4.79. The maximum atomic E-state index is 2.40. The number of fused-ring (bicyclic) bond motifs is 9. The average molecular weight is 547 g/mol. The van der Waals surface area contributed by atoms with Gasteiger partial charge in [-0.2, -0.15) is 0 Å². The van der Waals surface area contributed by atoms with E-state index in [0.717, 1.165) is 0 Å². The molecule has 0 heteroatoms. The summed E-state index contributed by atoms with van der Waals surface area (Å²) in [5.41, 5.74) is 10.6. The summed E-state index contributed by atoms with van der Waals surface area (Å²) in [6.07, 6.45) is 0. The van der Waals surface area contributed by atoms with Crippen LogP contribution in [0, 0.1) is 0 Å². The van der Waals surface area contributed by atoms with E-state index in [-0.39, 0.29) is 5.41 Å². The SMILES string of the molecule is CC1(C)c2c(ccc3ccccc23)-c2ccc3cc(-c4ccc5cc(-c6ccc7ccccc7c6)ccc5c4)ccc3c21. The van der Waals surface area contributed by atoms with Crippen LogP contribution in [0.4, 0.5) is 0 Å². The molecule has 0 unspecified atom stereocenters. The van der Waals surface area contributed by atoms with Crippen molar-refractivity contribution in [2.75, 3.05) is 0 Å². The van der Waals surface area contributed by atoms with Gasteiger partial charge in [-0.25, -0.2) is 0 Å². The molecular weight excluding hydrogens is 516 g/mol. The van der Waals surface area contributed by atoms with Gasteiger partial charge in [0.2, 0.25) is 0 Å². The van der Waals surface area contributed by atoms with E-state index >= 15 is 0 Å². The third-order valence-corrected chi connectivity index (χ3v) is 9.75. The number of hydrogen-bond donors (Lipinski definition) is 0. The van der Waals surface area contributed by atoms with Crippen molar-refractivity contribution in [3.63, 3.8) is 0 Å². The molecule has 8 aromatic rings. The molecule has 0 N–H and O–H groups in total. The first-order valence-electron chi connectivity index (χ1n) is 15.2. The number of hydrogen-bond acceptors (Lipinski definition) is 0. The molecule has 0 spiro atoms. The summed E-state index contributed by atoms with van der Waals surface area (Å²) in [5, 5.41) is 10.4. The molecule has 0 amide bonds. The Bertz CT molecular complexity index is 2420. The Morgan fingerprint density at radius 1 is 0.326 bits per heavy atom. The van der Waals surface area contributed by atoms with Crippen LogP contribution < -0.4 is 0 Å². The predicted octanol–water partition coefficient (Wildman–Crippen LogP) is 11.9. The van der Waals surface area contributed by atoms with Crippen LogP contribution in [0.15, 0.2) is 146 Å². The molecule has 0 bridgehead atoms. The highest BCUT2D eigenvalue weighted by molar-refractivity contribution is 6.04. The Morgan fingerprint density at radius 3 is 1.35 bits per heavy atom. The molecule has 0 fully saturated rings. The molecule has 0 atom stereocenters. The van der Waals surface area contributed by atoms with Crippen LogP contribution in [0.5, 0.6) is 0 Å². The second kappa shape index (κ2) is 8.90. The molecule has 1 aliphatic carbocycles. The monoisotopic (exact) mass is 546 g/mol. The zero-order valence-electron chi connectivity index (χ0n) is 24.4. The quantitative estimate of drug-likeness (QED) is 0.202. The standard InChI is InChI=1S/C43H30/c1-43(2)41-37-10-6-5-8-28(37)17-21-39(41)40-22-19-36-26-35(18-20-38(36)42(40)43)34-16-15-32-24-31(13-14-33(32)25-34)30-12-11-27-7-3-4-9-29(27)23-30/h3-26H,1-2H3. The topological polar surface area (TPSA) is 0 Å². The first kappa shape index (κ1) is 24.4. The van der Waals surface area contributed by atoms with Crippen molar-refractivity contribution < 1.29 is 0 Å². The minimum atomic E-state index is -0.0712. The molecule has 0 saturated heterocycles. The van der Waals surface area contributed by atoms with E-state index in [2.05, 4.69) is 159 Å². The average Bonchev–Trinajstić information content (AvgIpc) is 3.30. The third-order valence-electron chi connectivity index (χ3n) is 9.75. The van der Waals surface area contributed by atoms with Crippen LogP contribution in [0.2, 0.25) is 0 Å². The third kappa shape index (κ3) is 3.63. The number of rotatable bonds is 2. The zero-order chi connectivity index (χ0) is 28.7. The van der Waals surface area contributed by atoms with Gasteiger partial charge in [0.05, 0.1) is 0 Å². The normalized spacial score (nSPS) is 13.5. The van der Waals surface area contributed by atoms with Crippen LogP contribution >= 0.6 is 0 Å². The Hall–Kier alpha value is -5.20. The fourth-order valence-electron chi connectivity index (χ4n) is 7.68. The van der Waals surface area contributed by atoms with Gasteiger partial charge < -0.3 is 0 Å². The van der Waals surface area contributed by atoms with Crippen molar-refractivity contribution in [1.82, 2.24) is 0 Å². The fourth-order valence-corrected chi connectivity index (χ4v) is 7.68. The predicted molar refractivity (Wildman–Crippen MR) is 185 cm³/mol. The zero-order valence-corrected chi connectivity index (χ0v) is 24.4. The molecule has 0 aromatic heterocycles. The van der Waals surface area contributed by atoms with E-state index in [1.807, 2.05) is 0 Å². The first-order valence-corrected chi connectivity index (χ1v) is 15.2. The lowest BCUT2D eigenvalue weighted by atomic mass is 9.78. The molecular formula is C43H30. The van der Waals surface area contributed by atoms with Gasteiger partial charge in [0.15, 0.2) is 0 Å². The molecule has 1 aliphatic rings. The van der Waals surface area contributed by atoms with Crippen LogP contribution in [0.1, 0.15) is 25.0 Å². The van der Waals surface area contributed by atoms with Crippen LogP contribution in [0.3, 0.4) is 0 Å². The summed E-state index contributed by atoms with van der Waals surface area (Å²) in [4.78, 5) is 0. The fraction of sp³-hybridized carbons (Fsp3) is 0.0698. The van der Waals surface area contributed by atoms with Crippen LogP contribution in [0.25, 0.3) is 76.5 Å². The van der Waals surface area contributed by atoms with Gasteiger partial charge in [-0.3, -0.25) is 0 Å². The Balaban J connectivity index is 1.11. The second-order valence-electron chi connectivity index (χ2n) is 12.6. The van der Waals surface area contributed by atoms with Gasteiger partial charge in [0, 0.05) is 5.41 Å². The minimum absolute atomic E-state index is 0.0712. The van der Waals surface area contributed by atoms with Crippen LogP contribution in [-0.4, -0.2) is 0 Å². The van der Waals surface area contributed by atoms with E-state index < -0.39 is 0 Å². The molecule has 0 nitrogen and oxygen atoms in total. The highest BCUT2D eigenvalue weighted by Gasteiger charge is 2.38. The first-order chi connectivity index (χ1) is 21.0. The van der Waals surface area contributed by atoms with Crippen molar-refractivity contribution >= 4 is 43.1 Å². The van der Waals surface area contributed by atoms with Gasteiger partial charge in [0.1, 0.15) is 0 Å². The van der Waals surface area contributed by atoms with Crippen molar-refractivity contribution in [2.24, 2.45) is 0 Å². The van der Waals surface area contributed by atoms with E-state index in [4.69, 9.17) is 0 Å². The molecule has 0 radical (unpaired) electrons. The van der Waals surface area contributed by atoms with Gasteiger partial charge in [0.25, 0.3) is 0 Å². The Labute approximate surface area is 251 Å². The summed E-state index contributed by atoms with van der Waals surface area (Å²) >= 11 is 0. The summed E-state index contributed by atoms with van der Waals surface area (Å²) < 4.78 is 0. The smallest absolute Gasteiger partial charge is 0.0171 e. The lowest BCUT2D eigenvalue weighted by Crippen LogP contribution is -2.16. The van der Waals surface area contributed by atoms with Crippen molar-refractivity contribution in [3.8, 4) is 33.4 Å². The van der Waals surface area contributed by atoms with Gasteiger partial charge in [-0.05, 0) is 112 Å². The largest absolute Gasteiger partial charge is 0.0616 e. The molecule has 0 heterocycles. The minimum Gasteiger partial charge on any atom is -0.0616 e. The summed E-state index contributed by atoms with van der Waals surface area (Å²) in [5.74, 6) is 0. The lowest BCUT2D eigenvalue weighted by Gasteiger charge is -2.24. The molecule has 202 valence electrons. The van der Waals surface area contributed by atoms with E-state index in [9.17, 15) is 0 Å². The summed E-state index contributed by atoms with van der Waals surface area (Å²) in [7, 11) is 0. The maximum Gasteiger partial charge on any atom is 0.0171 e. The molecule has 0 aliphatic heterocycles. The van der Waals surface area contributed by atoms with Gasteiger partial charge in [-0.15, -0.1) is 0 Å². The van der Waals surface area contributed by atoms with Gasteiger partial charge >= 0.3 is 0 Å². The van der Waals surface area contributed by atoms with Gasteiger partial charge in [-0.1, -0.05) is 135 Å². The molecule has 43 heavy (non-hydrogen) atoms. The van der Waals surface area contributed by atoms with Crippen molar-refractivity contribution in [3.05, 3.63) is 157 Å². The van der Waals surface area contributed by atoms with E-state index in [0.29, 0.717) is 0 Å². The maximum absolute atomic E-state index is 2.40. The molecule has 8 aromatic carbocycles. The highest BCUT2D eigenvalue weighted by Crippen LogP contribution is 2.53. The van der Waals surface area contributed by atoms with E-state index in [1.54, 1.807) is 0 Å². The Kier molecular flexibility index (Phi) is 5.05. The van der Waals surface area contributed by atoms with Crippen LogP contribution in [-0.2, 0) is 5.41 Å². The Morgan fingerprint density at radius 2 is 0.721 bits per heavy atom. The second-order valence-corrected chi connectivity index (χ2v) is 12.6.